The van der Waals surface area contributed by atoms with Gasteiger partial charge < -0.3 is 15.0 Å². The second kappa shape index (κ2) is 6.20. The fraction of sp³-hybridized carbons (Fsp3) is 0.462. The Balaban J connectivity index is 1.94. The van der Waals surface area contributed by atoms with E-state index in [2.05, 4.69) is 10.3 Å². The molecule has 2 rings (SSSR count). The van der Waals surface area contributed by atoms with Crippen molar-refractivity contribution in [2.24, 2.45) is 5.92 Å². The summed E-state index contributed by atoms with van der Waals surface area (Å²) in [5, 5.41) is 2.52. The number of anilines is 1. The lowest BCUT2D eigenvalue weighted by Gasteiger charge is -2.18. The highest BCUT2D eigenvalue weighted by atomic mass is 19.4. The Bertz CT molecular complexity index is 560. The molecule has 6 nitrogen and oxygen atoms in total. The zero-order chi connectivity index (χ0) is 16.3. The third-order valence-electron chi connectivity index (χ3n) is 3.17. The summed E-state index contributed by atoms with van der Waals surface area (Å²) in [5.41, 5.74) is 0.382. The second-order valence-electron chi connectivity index (χ2n) is 4.87. The molecule has 1 aromatic heterocycles. The average molecular weight is 317 g/mol. The van der Waals surface area contributed by atoms with Gasteiger partial charge in [-0.1, -0.05) is 0 Å². The number of hydrogen-bond acceptors (Lipinski definition) is 4. The fourth-order valence-corrected chi connectivity index (χ4v) is 2.14. The number of aromatic nitrogens is 1. The summed E-state index contributed by atoms with van der Waals surface area (Å²) < 4.78 is 41.8. The molecule has 0 aromatic carbocycles. The zero-order valence-electron chi connectivity index (χ0n) is 11.7. The topological polar surface area (TPSA) is 71.5 Å². The third kappa shape index (κ3) is 4.09. The Kier molecular flexibility index (Phi) is 4.53. The standard InChI is InChI=1S/C13H14F3N3O3/c1-22-10-3-2-9(5-17-10)18-12(21)8-4-11(20)19(6-8)7-13(14,15)16/h2-3,5,8H,4,6-7H2,1H3,(H,18,21)/t8-/m0/s1. The summed E-state index contributed by atoms with van der Waals surface area (Å²) in [7, 11) is 1.44. The smallest absolute Gasteiger partial charge is 0.406 e. The average Bonchev–Trinajstić information content (AvgIpc) is 2.79. The van der Waals surface area contributed by atoms with Crippen LogP contribution in [-0.2, 0) is 9.59 Å². The zero-order valence-corrected chi connectivity index (χ0v) is 11.7. The van der Waals surface area contributed by atoms with Gasteiger partial charge in [-0.3, -0.25) is 9.59 Å². The Hall–Kier alpha value is -2.32. The lowest BCUT2D eigenvalue weighted by atomic mass is 10.1. The molecule has 0 unspecified atom stereocenters. The first-order valence-corrected chi connectivity index (χ1v) is 6.44. The molecule has 2 amide bonds. The van der Waals surface area contributed by atoms with E-state index >= 15 is 0 Å². The van der Waals surface area contributed by atoms with Crippen LogP contribution in [0.4, 0.5) is 18.9 Å². The monoisotopic (exact) mass is 317 g/mol. The van der Waals surface area contributed by atoms with E-state index in [9.17, 15) is 22.8 Å². The molecule has 0 bridgehead atoms. The van der Waals surface area contributed by atoms with Gasteiger partial charge in [-0.2, -0.15) is 13.2 Å². The molecular formula is C13H14F3N3O3. The van der Waals surface area contributed by atoms with Crippen molar-refractivity contribution in [1.82, 2.24) is 9.88 Å². The van der Waals surface area contributed by atoms with Crippen LogP contribution in [0, 0.1) is 5.92 Å². The van der Waals surface area contributed by atoms with Crippen molar-refractivity contribution in [2.75, 3.05) is 25.5 Å². The van der Waals surface area contributed by atoms with E-state index in [0.29, 0.717) is 16.5 Å². The number of amides is 2. The summed E-state index contributed by atoms with van der Waals surface area (Å²) in [4.78, 5) is 28.1. The molecule has 0 radical (unpaired) electrons. The number of methoxy groups -OCH3 is 1. The van der Waals surface area contributed by atoms with E-state index in [1.807, 2.05) is 0 Å². The van der Waals surface area contributed by atoms with Crippen molar-refractivity contribution in [1.29, 1.82) is 0 Å². The van der Waals surface area contributed by atoms with Crippen LogP contribution in [-0.4, -0.2) is 48.1 Å². The maximum Gasteiger partial charge on any atom is 0.406 e. The number of carbonyl (C=O) groups is 2. The first-order valence-electron chi connectivity index (χ1n) is 6.44. The van der Waals surface area contributed by atoms with Gasteiger partial charge in [-0.15, -0.1) is 0 Å². The lowest BCUT2D eigenvalue weighted by Crippen LogP contribution is -2.36. The van der Waals surface area contributed by atoms with Gasteiger partial charge in [0.2, 0.25) is 17.7 Å². The number of likely N-dealkylation sites (tertiary alicyclic amines) is 1. The van der Waals surface area contributed by atoms with Crippen molar-refractivity contribution >= 4 is 17.5 Å². The molecule has 0 spiro atoms. The lowest BCUT2D eigenvalue weighted by molar-refractivity contribution is -0.157. The van der Waals surface area contributed by atoms with Crippen molar-refractivity contribution < 1.29 is 27.5 Å². The minimum atomic E-state index is -4.47. The number of rotatable bonds is 4. The first-order chi connectivity index (χ1) is 10.3. The molecule has 1 N–H and O–H groups in total. The molecule has 0 saturated carbocycles. The molecular weight excluding hydrogens is 303 g/mol. The van der Waals surface area contributed by atoms with Crippen LogP contribution in [0.5, 0.6) is 5.88 Å². The number of pyridine rings is 1. The minimum Gasteiger partial charge on any atom is -0.481 e. The van der Waals surface area contributed by atoms with Gasteiger partial charge in [-0.25, -0.2) is 4.98 Å². The van der Waals surface area contributed by atoms with Crippen molar-refractivity contribution in [3.8, 4) is 5.88 Å². The summed E-state index contributed by atoms with van der Waals surface area (Å²) in [6, 6.07) is 3.08. The van der Waals surface area contributed by atoms with Crippen LogP contribution in [0.2, 0.25) is 0 Å². The molecule has 0 aliphatic carbocycles. The Morgan fingerprint density at radius 3 is 2.77 bits per heavy atom. The quantitative estimate of drug-likeness (QED) is 0.912. The molecule has 1 saturated heterocycles. The summed E-state index contributed by atoms with van der Waals surface area (Å²) in [6.07, 6.45) is -3.34. The highest BCUT2D eigenvalue weighted by Crippen LogP contribution is 2.24. The van der Waals surface area contributed by atoms with Gasteiger partial charge in [0.1, 0.15) is 6.54 Å². The number of ether oxygens (including phenoxy) is 1. The van der Waals surface area contributed by atoms with E-state index in [-0.39, 0.29) is 13.0 Å². The molecule has 120 valence electrons. The van der Waals surface area contributed by atoms with E-state index in [1.54, 1.807) is 6.07 Å². The maximum atomic E-state index is 12.3. The van der Waals surface area contributed by atoms with E-state index in [0.717, 1.165) is 0 Å². The number of nitrogens with zero attached hydrogens (tertiary/aromatic N) is 2. The SMILES string of the molecule is COc1ccc(NC(=O)[C@H]2CC(=O)N(CC(F)(F)F)C2)cn1. The molecule has 2 heterocycles. The van der Waals surface area contributed by atoms with Gasteiger partial charge in [0.15, 0.2) is 0 Å². The van der Waals surface area contributed by atoms with Crippen molar-refractivity contribution in [2.45, 2.75) is 12.6 Å². The molecule has 22 heavy (non-hydrogen) atoms. The van der Waals surface area contributed by atoms with Gasteiger partial charge in [0, 0.05) is 19.0 Å². The number of nitrogens with one attached hydrogen (secondary N) is 1. The van der Waals surface area contributed by atoms with E-state index < -0.39 is 30.5 Å². The molecule has 1 aliphatic rings. The number of hydrogen-bond donors (Lipinski definition) is 1. The number of halogens is 3. The van der Waals surface area contributed by atoms with Crippen LogP contribution >= 0.6 is 0 Å². The molecule has 1 atom stereocenters. The van der Waals surface area contributed by atoms with Crippen LogP contribution in [0.1, 0.15) is 6.42 Å². The molecule has 1 aromatic rings. The number of alkyl halides is 3. The van der Waals surface area contributed by atoms with Crippen molar-refractivity contribution in [3.05, 3.63) is 18.3 Å². The number of carbonyl (C=O) groups excluding carboxylic acids is 2. The minimum absolute atomic E-state index is 0.231. The predicted octanol–water partition coefficient (Wildman–Crippen LogP) is 1.44. The van der Waals surface area contributed by atoms with Gasteiger partial charge >= 0.3 is 6.18 Å². The van der Waals surface area contributed by atoms with Gasteiger partial charge in [0.05, 0.1) is 24.9 Å². The molecule has 1 aliphatic heterocycles. The normalized spacial score (nSPS) is 18.5. The van der Waals surface area contributed by atoms with Gasteiger partial charge in [0.25, 0.3) is 0 Å². The van der Waals surface area contributed by atoms with Crippen LogP contribution in [0.3, 0.4) is 0 Å². The van der Waals surface area contributed by atoms with Gasteiger partial charge in [-0.05, 0) is 6.07 Å². The van der Waals surface area contributed by atoms with E-state index in [4.69, 9.17) is 4.74 Å². The Morgan fingerprint density at radius 1 is 1.50 bits per heavy atom. The fourth-order valence-electron chi connectivity index (χ4n) is 2.14. The highest BCUT2D eigenvalue weighted by molar-refractivity contribution is 5.97. The Labute approximate surface area is 124 Å². The molecule has 9 heteroatoms. The van der Waals surface area contributed by atoms with E-state index in [1.165, 1.54) is 19.4 Å². The maximum absolute atomic E-state index is 12.3. The van der Waals surface area contributed by atoms with Crippen LogP contribution in [0.25, 0.3) is 0 Å². The van der Waals surface area contributed by atoms with Crippen LogP contribution in [0.15, 0.2) is 18.3 Å². The van der Waals surface area contributed by atoms with Crippen LogP contribution < -0.4 is 10.1 Å². The highest BCUT2D eigenvalue weighted by Gasteiger charge is 2.40. The largest absolute Gasteiger partial charge is 0.481 e. The third-order valence-corrected chi connectivity index (χ3v) is 3.17. The second-order valence-corrected chi connectivity index (χ2v) is 4.87. The summed E-state index contributed by atoms with van der Waals surface area (Å²) in [6.45, 7) is -1.58. The summed E-state index contributed by atoms with van der Waals surface area (Å²) >= 11 is 0. The Morgan fingerprint density at radius 2 is 2.23 bits per heavy atom. The van der Waals surface area contributed by atoms with Crippen molar-refractivity contribution in [3.63, 3.8) is 0 Å². The predicted molar refractivity (Wildman–Crippen MR) is 70.2 cm³/mol. The summed E-state index contributed by atoms with van der Waals surface area (Å²) in [5.74, 6) is -1.63. The first kappa shape index (κ1) is 16.1. The molecule has 1 fully saturated rings.